The molecule has 7 nitrogen and oxygen atoms in total. The number of nitrogens with one attached hydrogen (secondary N) is 1. The van der Waals surface area contributed by atoms with Crippen LogP contribution in [0.15, 0.2) is 0 Å². The normalized spacial score (nSPS) is 47.4. The maximum Gasteiger partial charge on any atom is 0.278 e. The molecule has 8 heteroatoms. The molecule has 2 amide bonds. The minimum absolute atomic E-state index is 0.0869. The third-order valence-electron chi connectivity index (χ3n) is 8.03. The largest absolute Gasteiger partial charge is 0.390 e. The van der Waals surface area contributed by atoms with Gasteiger partial charge in [0.05, 0.1) is 17.8 Å². The van der Waals surface area contributed by atoms with E-state index in [4.69, 9.17) is 5.73 Å². The molecule has 4 N–H and O–H groups in total. The molecule has 5 aliphatic carbocycles. The molecule has 4 bridgehead atoms. The van der Waals surface area contributed by atoms with Crippen LogP contribution in [-0.4, -0.2) is 59.1 Å². The molecule has 0 radical (unpaired) electrons. The molecule has 0 spiro atoms. The first kappa shape index (κ1) is 17.7. The predicted molar refractivity (Wildman–Crippen MR) is 99.2 cm³/mol. The van der Waals surface area contributed by atoms with Gasteiger partial charge in [0.1, 0.15) is 6.04 Å². The number of aliphatic hydroxyl groups is 1. The lowest BCUT2D eigenvalue weighted by molar-refractivity contribution is -0.179. The number of nitrogens with two attached hydrogens (primary N) is 1. The number of fused-ring (bicyclic) bond motifs is 1. The third-order valence-corrected chi connectivity index (χ3v) is 8.03. The van der Waals surface area contributed by atoms with Gasteiger partial charge >= 0.3 is 0 Å². The van der Waals surface area contributed by atoms with E-state index in [1.165, 1.54) is 0 Å². The quantitative estimate of drug-likeness (QED) is 0.421. The van der Waals surface area contributed by atoms with Gasteiger partial charge in [-0.2, -0.15) is 0 Å². The number of hydrogen-bond donors (Lipinski definition) is 3. The molecule has 6 fully saturated rings. The summed E-state index contributed by atoms with van der Waals surface area (Å²) in [6.45, 7) is 0. The summed E-state index contributed by atoms with van der Waals surface area (Å²) in [6, 6.07) is -0.937. The van der Waals surface area contributed by atoms with Crippen LogP contribution < -0.4 is 11.0 Å². The average molecular weight is 373 g/mol. The van der Waals surface area contributed by atoms with E-state index in [2.05, 4.69) is 5.23 Å². The predicted octanol–water partition coefficient (Wildman–Crippen LogP) is -0.708. The third kappa shape index (κ3) is 2.67. The number of carbonyl (C=O) groups excluding carboxylic acids is 3. The fraction of sp³-hybridized carbons (Fsp3) is 0.842. The monoisotopic (exact) mass is 373 g/mol. The average Bonchev–Trinajstić information content (AvgIpc) is 3.22. The summed E-state index contributed by atoms with van der Waals surface area (Å²) in [7, 11) is 0.106. The second-order valence-corrected chi connectivity index (χ2v) is 10.0. The van der Waals surface area contributed by atoms with Crippen LogP contribution in [0.1, 0.15) is 51.4 Å². The van der Waals surface area contributed by atoms with E-state index in [9.17, 15) is 19.5 Å². The van der Waals surface area contributed by atoms with E-state index in [-0.39, 0.29) is 24.8 Å². The number of carbonyl (C=O) groups is 3. The Hall–Kier alpha value is -1.41. The van der Waals surface area contributed by atoms with Gasteiger partial charge in [0.2, 0.25) is 11.8 Å². The summed E-state index contributed by atoms with van der Waals surface area (Å²) in [4.78, 5) is 38.4. The fourth-order valence-corrected chi connectivity index (χ4v) is 7.53. The summed E-state index contributed by atoms with van der Waals surface area (Å²) in [5.74, 6) is 0.760. The summed E-state index contributed by atoms with van der Waals surface area (Å²) >= 11 is 0. The Morgan fingerprint density at radius 3 is 2.48 bits per heavy atom. The van der Waals surface area contributed by atoms with Gasteiger partial charge in [-0.3, -0.25) is 9.59 Å². The van der Waals surface area contributed by atoms with Crippen molar-refractivity contribution in [2.24, 2.45) is 28.9 Å². The van der Waals surface area contributed by atoms with Crippen molar-refractivity contribution in [1.29, 1.82) is 0 Å². The van der Waals surface area contributed by atoms with Crippen LogP contribution in [-0.2, 0) is 14.4 Å². The highest BCUT2D eigenvalue weighted by Crippen LogP contribution is 2.63. The highest BCUT2D eigenvalue weighted by molar-refractivity contribution is 6.64. The molecule has 6 aliphatic rings. The Morgan fingerprint density at radius 1 is 1.19 bits per heavy atom. The van der Waals surface area contributed by atoms with Gasteiger partial charge in [-0.25, -0.2) is 0 Å². The summed E-state index contributed by atoms with van der Waals surface area (Å²) < 4.78 is 0. The maximum atomic E-state index is 13.7. The standard InChI is InChI=1S/C19H28BN3O4/c21-16(25)14-3-12-2-13(12)23(14)17(26)15(22-20-9-24)18-4-10-1-11(5-18)7-19(27,6-10)8-18/h9-15,20,22,27H,1-8H2,(H2,21,25)/t10?,11?,12-,13?,14-,15+,18?,19?/m0/s1. The Morgan fingerprint density at radius 2 is 1.89 bits per heavy atom. The van der Waals surface area contributed by atoms with Crippen molar-refractivity contribution in [2.75, 3.05) is 0 Å². The summed E-state index contributed by atoms with van der Waals surface area (Å²) in [5.41, 5.74) is 4.58. The van der Waals surface area contributed by atoms with Gasteiger partial charge in [0, 0.05) is 6.04 Å². The van der Waals surface area contributed by atoms with Crippen LogP contribution in [0.5, 0.6) is 0 Å². The molecular weight excluding hydrogens is 345 g/mol. The molecule has 1 heterocycles. The van der Waals surface area contributed by atoms with Crippen LogP contribution in [0.3, 0.4) is 0 Å². The van der Waals surface area contributed by atoms with Crippen molar-refractivity contribution < 1.29 is 19.5 Å². The molecular formula is C19H28BN3O4. The van der Waals surface area contributed by atoms with Gasteiger partial charge < -0.3 is 25.8 Å². The number of hydrogen-bond acceptors (Lipinski definition) is 5. The Labute approximate surface area is 159 Å². The second-order valence-electron chi connectivity index (χ2n) is 10.0. The van der Waals surface area contributed by atoms with E-state index in [0.717, 1.165) is 44.7 Å². The minimum atomic E-state index is -0.679. The van der Waals surface area contributed by atoms with Crippen molar-refractivity contribution in [1.82, 2.24) is 10.1 Å². The molecule has 27 heavy (non-hydrogen) atoms. The smallest absolute Gasteiger partial charge is 0.278 e. The van der Waals surface area contributed by atoms with Crippen LogP contribution in [0.4, 0.5) is 0 Å². The molecule has 146 valence electrons. The van der Waals surface area contributed by atoms with E-state index in [1.807, 2.05) is 0 Å². The van der Waals surface area contributed by atoms with Crippen LogP contribution in [0.2, 0.25) is 0 Å². The molecule has 1 saturated heterocycles. The van der Waals surface area contributed by atoms with E-state index in [0.29, 0.717) is 30.6 Å². The molecule has 5 saturated carbocycles. The van der Waals surface area contributed by atoms with Gasteiger partial charge in [-0.15, -0.1) is 0 Å². The topological polar surface area (TPSA) is 113 Å². The first-order valence-corrected chi connectivity index (χ1v) is 10.3. The van der Waals surface area contributed by atoms with Crippen molar-refractivity contribution in [3.63, 3.8) is 0 Å². The Balaban J connectivity index is 1.47. The Bertz CT molecular complexity index is 686. The van der Waals surface area contributed by atoms with Crippen LogP contribution in [0, 0.1) is 23.2 Å². The van der Waals surface area contributed by atoms with Crippen LogP contribution >= 0.6 is 0 Å². The first-order chi connectivity index (χ1) is 12.8. The van der Waals surface area contributed by atoms with Gasteiger partial charge in [-0.05, 0) is 74.5 Å². The number of nitrogens with zero attached hydrogens (tertiary/aromatic N) is 1. The zero-order valence-electron chi connectivity index (χ0n) is 15.6. The number of rotatable bonds is 6. The van der Waals surface area contributed by atoms with Crippen molar-refractivity contribution >= 4 is 25.4 Å². The molecule has 1 aliphatic heterocycles. The van der Waals surface area contributed by atoms with Crippen molar-refractivity contribution in [3.05, 3.63) is 0 Å². The van der Waals surface area contributed by atoms with E-state index in [1.54, 1.807) is 4.90 Å². The fourth-order valence-electron chi connectivity index (χ4n) is 7.53. The Kier molecular flexibility index (Phi) is 3.80. The number of piperidine rings is 1. The lowest BCUT2D eigenvalue weighted by atomic mass is 9.45. The highest BCUT2D eigenvalue weighted by atomic mass is 16.3. The van der Waals surface area contributed by atoms with Crippen molar-refractivity contribution in [3.8, 4) is 0 Å². The van der Waals surface area contributed by atoms with Gasteiger partial charge in [0.25, 0.3) is 7.41 Å². The molecule has 0 aromatic rings. The molecule has 6 atom stereocenters. The molecule has 0 aromatic heterocycles. The first-order valence-electron chi connectivity index (χ1n) is 10.3. The lowest BCUT2D eigenvalue weighted by Crippen LogP contribution is -2.66. The van der Waals surface area contributed by atoms with E-state index >= 15 is 0 Å². The zero-order chi connectivity index (χ0) is 19.0. The molecule has 6 rings (SSSR count). The highest BCUT2D eigenvalue weighted by Gasteiger charge is 2.63. The van der Waals surface area contributed by atoms with Crippen LogP contribution in [0.25, 0.3) is 0 Å². The molecule has 3 unspecified atom stereocenters. The van der Waals surface area contributed by atoms with Gasteiger partial charge in [0.15, 0.2) is 0 Å². The maximum absolute atomic E-state index is 13.7. The van der Waals surface area contributed by atoms with E-state index < -0.39 is 23.6 Å². The minimum Gasteiger partial charge on any atom is -0.390 e. The summed E-state index contributed by atoms with van der Waals surface area (Å²) in [6.07, 6.45) is 7.62. The zero-order valence-corrected chi connectivity index (χ0v) is 15.6. The molecule has 0 aromatic carbocycles. The number of primary amides is 1. The number of amides is 2. The lowest BCUT2D eigenvalue weighted by Gasteiger charge is -2.62. The van der Waals surface area contributed by atoms with Gasteiger partial charge in [-0.1, -0.05) is 0 Å². The second kappa shape index (κ2) is 5.80. The summed E-state index contributed by atoms with van der Waals surface area (Å²) in [5, 5.41) is 14.3. The number of likely N-dealkylation sites (tertiary alicyclic amines) is 1. The SMILES string of the molecule is NC(=O)[C@@H]1C[C@@H]2CC2N1C(=O)[C@@H](NBC=O)C12CC3CC(CC(O)(C3)C1)C2. The van der Waals surface area contributed by atoms with Crippen molar-refractivity contribution in [2.45, 2.75) is 75.1 Å².